The van der Waals surface area contributed by atoms with Crippen molar-refractivity contribution in [1.29, 1.82) is 0 Å². The van der Waals surface area contributed by atoms with Gasteiger partial charge in [0.05, 0.1) is 11.4 Å². The number of nitrogens with zero attached hydrogens (tertiary/aromatic N) is 10. The van der Waals surface area contributed by atoms with Crippen molar-refractivity contribution in [3.05, 3.63) is 47.8 Å². The molecule has 0 radical (unpaired) electrons. The molecule has 158 valence electrons. The van der Waals surface area contributed by atoms with Gasteiger partial charge in [0.1, 0.15) is 6.33 Å². The van der Waals surface area contributed by atoms with E-state index in [0.29, 0.717) is 16.6 Å². The predicted molar refractivity (Wildman–Crippen MR) is 108 cm³/mol. The van der Waals surface area contributed by atoms with Gasteiger partial charge in [-0.3, -0.25) is 9.78 Å². The molecule has 0 aliphatic heterocycles. The summed E-state index contributed by atoms with van der Waals surface area (Å²) in [7, 11) is 1.81. The highest BCUT2D eigenvalue weighted by Gasteiger charge is 2.24. The number of hydrogen-bond donors (Lipinski definition) is 2. The number of aromatic nitrogens is 9. The molecule has 14 nitrogen and oxygen atoms in total. The van der Waals surface area contributed by atoms with Crippen LogP contribution in [-0.2, 0) is 12.8 Å². The molecule has 0 saturated carbocycles. The zero-order valence-electron chi connectivity index (χ0n) is 16.4. The zero-order chi connectivity index (χ0) is 21.8. The first-order valence-electron chi connectivity index (χ1n) is 8.79. The number of hydrazone groups is 1. The number of nitrogen functional groups attached to an aromatic ring is 1. The Morgan fingerprint density at radius 1 is 1.29 bits per heavy atom. The van der Waals surface area contributed by atoms with E-state index in [4.69, 9.17) is 5.73 Å². The van der Waals surface area contributed by atoms with Crippen LogP contribution in [0.2, 0.25) is 0 Å². The van der Waals surface area contributed by atoms with Crippen LogP contribution >= 0.6 is 11.8 Å². The Kier molecular flexibility index (Phi) is 5.65. The van der Waals surface area contributed by atoms with Crippen LogP contribution in [0.1, 0.15) is 28.7 Å². The second kappa shape index (κ2) is 8.70. The minimum Gasteiger partial charge on any atom is -0.378 e. The molecule has 0 atom stereocenters. The van der Waals surface area contributed by atoms with E-state index >= 15 is 0 Å². The SMILES string of the molecule is CC(=NNC(=O)c1nnn(-c2nonc2N)c1CSc1nncn1C)c1ccncc1. The van der Waals surface area contributed by atoms with Crippen molar-refractivity contribution in [3.63, 3.8) is 0 Å². The fourth-order valence-electron chi connectivity index (χ4n) is 2.50. The van der Waals surface area contributed by atoms with Gasteiger partial charge in [-0.2, -0.15) is 9.78 Å². The molecule has 4 aromatic heterocycles. The number of nitrogens with one attached hydrogen (secondary N) is 1. The Bertz CT molecular complexity index is 1230. The number of carbonyl (C=O) groups is 1. The van der Waals surface area contributed by atoms with Crippen molar-refractivity contribution >= 4 is 29.2 Å². The van der Waals surface area contributed by atoms with Crippen LogP contribution in [0.4, 0.5) is 5.82 Å². The van der Waals surface area contributed by atoms with E-state index in [2.05, 4.69) is 51.0 Å². The lowest BCUT2D eigenvalue weighted by atomic mass is 10.2. The van der Waals surface area contributed by atoms with E-state index in [9.17, 15) is 4.79 Å². The molecular weight excluding hydrogens is 424 g/mol. The molecule has 0 aliphatic rings. The number of hydrogen-bond acceptors (Lipinski definition) is 12. The van der Waals surface area contributed by atoms with Gasteiger partial charge in [0.25, 0.3) is 5.91 Å². The lowest BCUT2D eigenvalue weighted by molar-refractivity contribution is 0.0949. The average molecular weight is 440 g/mol. The molecule has 0 spiro atoms. The van der Waals surface area contributed by atoms with Crippen LogP contribution < -0.4 is 11.2 Å². The fourth-order valence-corrected chi connectivity index (χ4v) is 3.38. The van der Waals surface area contributed by atoms with Gasteiger partial charge < -0.3 is 10.3 Å². The number of pyridine rings is 1. The number of amides is 1. The summed E-state index contributed by atoms with van der Waals surface area (Å²) in [4.78, 5) is 16.8. The summed E-state index contributed by atoms with van der Waals surface area (Å²) in [5.41, 5.74) is 10.2. The Morgan fingerprint density at radius 3 is 2.77 bits per heavy atom. The van der Waals surface area contributed by atoms with Crippen LogP contribution in [0.25, 0.3) is 5.82 Å². The third-order valence-electron chi connectivity index (χ3n) is 4.11. The maximum atomic E-state index is 12.8. The third-order valence-corrected chi connectivity index (χ3v) is 5.15. The minimum absolute atomic E-state index is 0.00770. The lowest BCUT2D eigenvalue weighted by Crippen LogP contribution is -2.21. The van der Waals surface area contributed by atoms with E-state index in [1.165, 1.54) is 16.4 Å². The highest BCUT2D eigenvalue weighted by Crippen LogP contribution is 2.24. The van der Waals surface area contributed by atoms with Crippen LogP contribution in [0.5, 0.6) is 0 Å². The van der Waals surface area contributed by atoms with Crippen molar-refractivity contribution < 1.29 is 9.42 Å². The quantitative estimate of drug-likeness (QED) is 0.227. The standard InChI is InChI=1S/C16H16N12O2S/c1-9(10-3-5-18-6-4-10)20-22-15(29)12-11(7-31-16-23-19-8-27(16)2)28(26-21-12)14-13(17)24-30-25-14/h3-6,8H,7H2,1-2H3,(H2,17,24)(H,22,29). The summed E-state index contributed by atoms with van der Waals surface area (Å²) >= 11 is 1.33. The van der Waals surface area contributed by atoms with Crippen molar-refractivity contribution in [3.8, 4) is 5.82 Å². The molecule has 15 heteroatoms. The molecule has 31 heavy (non-hydrogen) atoms. The van der Waals surface area contributed by atoms with Crippen molar-refractivity contribution in [1.82, 2.24) is 50.5 Å². The number of rotatable bonds is 7. The first kappa shape index (κ1) is 20.1. The molecule has 4 rings (SSSR count). The first-order chi connectivity index (χ1) is 15.0. The van der Waals surface area contributed by atoms with Gasteiger partial charge in [0.2, 0.25) is 11.6 Å². The van der Waals surface area contributed by atoms with Crippen LogP contribution in [-0.4, -0.2) is 56.7 Å². The Morgan fingerprint density at radius 2 is 2.10 bits per heavy atom. The summed E-state index contributed by atoms with van der Waals surface area (Å²) in [6.07, 6.45) is 4.85. The summed E-state index contributed by atoms with van der Waals surface area (Å²) in [6, 6.07) is 3.56. The second-order valence-electron chi connectivity index (χ2n) is 6.16. The smallest absolute Gasteiger partial charge is 0.293 e. The molecule has 0 aromatic carbocycles. The molecule has 0 aliphatic carbocycles. The fraction of sp³-hybridized carbons (Fsp3) is 0.188. The molecule has 3 N–H and O–H groups in total. The molecule has 4 aromatic rings. The van der Waals surface area contributed by atoms with Gasteiger partial charge in [0.15, 0.2) is 10.9 Å². The number of carbonyl (C=O) groups excluding carboxylic acids is 1. The highest BCUT2D eigenvalue weighted by atomic mass is 32.2. The normalized spacial score (nSPS) is 11.6. The van der Waals surface area contributed by atoms with Gasteiger partial charge in [-0.1, -0.05) is 17.0 Å². The number of nitrogens with two attached hydrogens (primary N) is 1. The maximum absolute atomic E-state index is 12.8. The summed E-state index contributed by atoms with van der Waals surface area (Å²) in [5, 5.41) is 27.9. The van der Waals surface area contributed by atoms with E-state index < -0.39 is 5.91 Å². The highest BCUT2D eigenvalue weighted by molar-refractivity contribution is 7.98. The van der Waals surface area contributed by atoms with E-state index in [0.717, 1.165) is 5.56 Å². The third kappa shape index (κ3) is 4.25. The number of anilines is 1. The van der Waals surface area contributed by atoms with Gasteiger partial charge >= 0.3 is 0 Å². The molecule has 4 heterocycles. The molecule has 1 amide bonds. The zero-order valence-corrected chi connectivity index (χ0v) is 17.2. The van der Waals surface area contributed by atoms with Crippen LogP contribution in [0.3, 0.4) is 0 Å². The second-order valence-corrected chi connectivity index (χ2v) is 7.10. The topological polar surface area (TPSA) is 181 Å². The Labute approximate surface area is 178 Å². The largest absolute Gasteiger partial charge is 0.378 e. The van der Waals surface area contributed by atoms with E-state index in [1.807, 2.05) is 7.05 Å². The summed E-state index contributed by atoms with van der Waals surface area (Å²) in [5.74, 6) is -0.157. The molecule has 0 unspecified atom stereocenters. The Hall–Kier alpha value is -4.14. The lowest BCUT2D eigenvalue weighted by Gasteiger charge is -2.06. The average Bonchev–Trinajstić information content (AvgIpc) is 3.50. The molecule has 0 fully saturated rings. The maximum Gasteiger partial charge on any atom is 0.293 e. The summed E-state index contributed by atoms with van der Waals surface area (Å²) in [6.45, 7) is 1.76. The Balaban J connectivity index is 1.62. The first-order valence-corrected chi connectivity index (χ1v) is 9.78. The van der Waals surface area contributed by atoms with Crippen molar-refractivity contribution in [2.45, 2.75) is 17.8 Å². The van der Waals surface area contributed by atoms with Crippen LogP contribution in [0, 0.1) is 0 Å². The molecule has 0 saturated heterocycles. The molecule has 0 bridgehead atoms. The van der Waals surface area contributed by atoms with Crippen molar-refractivity contribution in [2.24, 2.45) is 12.1 Å². The van der Waals surface area contributed by atoms with Gasteiger partial charge in [0, 0.05) is 30.8 Å². The number of thioether (sulfide) groups is 1. The van der Waals surface area contributed by atoms with Crippen LogP contribution in [0.15, 0.2) is 45.7 Å². The summed E-state index contributed by atoms with van der Waals surface area (Å²) < 4.78 is 7.69. The predicted octanol–water partition coefficient (Wildman–Crippen LogP) is 0.202. The van der Waals surface area contributed by atoms with Gasteiger partial charge in [-0.25, -0.2) is 10.1 Å². The monoisotopic (exact) mass is 440 g/mol. The van der Waals surface area contributed by atoms with E-state index in [-0.39, 0.29) is 23.1 Å². The number of aryl methyl sites for hydroxylation is 1. The van der Waals surface area contributed by atoms with E-state index in [1.54, 1.807) is 42.3 Å². The van der Waals surface area contributed by atoms with Gasteiger partial charge in [-0.15, -0.1) is 15.3 Å². The van der Waals surface area contributed by atoms with Gasteiger partial charge in [-0.05, 0) is 29.4 Å². The minimum atomic E-state index is -0.553. The van der Waals surface area contributed by atoms with Crippen molar-refractivity contribution in [2.75, 3.05) is 5.73 Å². The molecular formula is C16H16N12O2S.